The molecule has 3 heterocycles. The van der Waals surface area contributed by atoms with Crippen LogP contribution in [0.25, 0.3) is 6.08 Å². The van der Waals surface area contributed by atoms with Crippen molar-refractivity contribution in [2.24, 2.45) is 0 Å². The number of rotatable bonds is 6. The van der Waals surface area contributed by atoms with Crippen molar-refractivity contribution in [3.8, 4) is 0 Å². The molecule has 1 aromatic carbocycles. The fourth-order valence-electron chi connectivity index (χ4n) is 4.84. The predicted octanol–water partition coefficient (Wildman–Crippen LogP) is 2.03. The van der Waals surface area contributed by atoms with E-state index in [4.69, 9.17) is 0 Å². The highest BCUT2D eigenvalue weighted by Gasteiger charge is 2.26. The van der Waals surface area contributed by atoms with Gasteiger partial charge in [-0.25, -0.2) is 8.42 Å². The number of hydrogen-bond donors (Lipinski definition) is 0. The van der Waals surface area contributed by atoms with E-state index in [1.165, 1.54) is 0 Å². The minimum Gasteiger partial charge on any atom is -0.342 e. The highest BCUT2D eigenvalue weighted by molar-refractivity contribution is 7.89. The molecule has 3 aliphatic rings. The maximum Gasteiger partial charge on any atom is 0.246 e. The molecule has 0 atom stereocenters. The van der Waals surface area contributed by atoms with Crippen LogP contribution in [0.5, 0.6) is 0 Å². The monoisotopic (exact) mass is 488 g/mol. The van der Waals surface area contributed by atoms with Gasteiger partial charge in [-0.2, -0.15) is 4.31 Å². The summed E-state index contributed by atoms with van der Waals surface area (Å²) in [6.45, 7) is 5.93. The van der Waals surface area contributed by atoms with Gasteiger partial charge in [-0.05, 0) is 49.5 Å². The zero-order valence-electron chi connectivity index (χ0n) is 19.9. The van der Waals surface area contributed by atoms with E-state index in [9.17, 15) is 18.0 Å². The van der Waals surface area contributed by atoms with Crippen molar-refractivity contribution in [2.45, 2.75) is 43.4 Å². The molecule has 3 fully saturated rings. The van der Waals surface area contributed by atoms with Gasteiger partial charge in [0.05, 0.1) is 11.4 Å². The van der Waals surface area contributed by atoms with Crippen LogP contribution in [0, 0.1) is 0 Å². The first-order valence-corrected chi connectivity index (χ1v) is 13.9. The van der Waals surface area contributed by atoms with Crippen LogP contribution in [0.3, 0.4) is 0 Å². The van der Waals surface area contributed by atoms with Crippen LogP contribution < -0.4 is 0 Å². The molecule has 0 radical (unpaired) electrons. The Morgan fingerprint density at radius 2 is 1.32 bits per heavy atom. The molecule has 0 bridgehead atoms. The summed E-state index contributed by atoms with van der Waals surface area (Å²) in [5, 5.41) is 0. The number of carbonyl (C=O) groups excluding carboxylic acids is 2. The number of likely N-dealkylation sites (tertiary alicyclic amines) is 1. The lowest BCUT2D eigenvalue weighted by Gasteiger charge is -2.34. The molecule has 0 spiro atoms. The van der Waals surface area contributed by atoms with Crippen molar-refractivity contribution in [3.05, 3.63) is 35.9 Å². The van der Waals surface area contributed by atoms with E-state index in [1.54, 1.807) is 45.6 Å². The van der Waals surface area contributed by atoms with Gasteiger partial charge >= 0.3 is 0 Å². The first kappa shape index (κ1) is 24.9. The fourth-order valence-corrected chi connectivity index (χ4v) is 6.36. The van der Waals surface area contributed by atoms with E-state index in [1.807, 2.05) is 4.90 Å². The summed E-state index contributed by atoms with van der Waals surface area (Å²) in [5.41, 5.74) is 0.790. The number of nitrogens with zero attached hydrogens (tertiary/aromatic N) is 4. The van der Waals surface area contributed by atoms with E-state index in [-0.39, 0.29) is 11.8 Å². The summed E-state index contributed by atoms with van der Waals surface area (Å²) in [6.07, 6.45) is 9.44. The molecule has 8 nitrogen and oxygen atoms in total. The Hall–Kier alpha value is -2.23. The van der Waals surface area contributed by atoms with E-state index >= 15 is 0 Å². The lowest BCUT2D eigenvalue weighted by molar-refractivity contribution is -0.132. The number of benzene rings is 1. The molecule has 0 unspecified atom stereocenters. The number of carbonyl (C=O) groups is 2. The molecule has 0 aromatic heterocycles. The van der Waals surface area contributed by atoms with Crippen LogP contribution >= 0.6 is 0 Å². The van der Waals surface area contributed by atoms with Gasteiger partial charge in [-0.3, -0.25) is 14.5 Å². The second kappa shape index (κ2) is 11.5. The van der Waals surface area contributed by atoms with Gasteiger partial charge in [0, 0.05) is 58.4 Å². The molecule has 0 aliphatic carbocycles. The largest absolute Gasteiger partial charge is 0.342 e. The summed E-state index contributed by atoms with van der Waals surface area (Å²) in [5.74, 6) is 0.130. The fraction of sp³-hybridized carbons (Fsp3) is 0.600. The lowest BCUT2D eigenvalue weighted by atomic mass is 10.2. The summed E-state index contributed by atoms with van der Waals surface area (Å²) >= 11 is 0. The van der Waals surface area contributed by atoms with Crippen LogP contribution in [0.1, 0.15) is 44.1 Å². The molecule has 3 aliphatic heterocycles. The average molecular weight is 489 g/mol. The minimum atomic E-state index is -3.47. The summed E-state index contributed by atoms with van der Waals surface area (Å²) in [7, 11) is -3.47. The summed E-state index contributed by atoms with van der Waals surface area (Å²) < 4.78 is 27.4. The van der Waals surface area contributed by atoms with Crippen LogP contribution in [-0.2, 0) is 19.6 Å². The molecule has 34 heavy (non-hydrogen) atoms. The van der Waals surface area contributed by atoms with E-state index in [2.05, 4.69) is 4.90 Å². The number of sulfonamides is 1. The molecule has 9 heteroatoms. The highest BCUT2D eigenvalue weighted by atomic mass is 32.2. The maximum atomic E-state index is 12.9. The Morgan fingerprint density at radius 1 is 0.735 bits per heavy atom. The standard InChI is InChI=1S/C25H36N4O4S/c30-24(28-19-17-26(18-20-28)21-25(31)27-13-5-6-14-27)12-9-22-7-10-23(11-8-22)34(32,33)29-15-3-1-2-4-16-29/h7-12H,1-6,13-21H2. The van der Waals surface area contributed by atoms with Crippen molar-refractivity contribution in [2.75, 3.05) is 58.9 Å². The Morgan fingerprint density at radius 3 is 1.94 bits per heavy atom. The first-order chi connectivity index (χ1) is 16.4. The van der Waals surface area contributed by atoms with E-state index in [0.29, 0.717) is 50.7 Å². The quantitative estimate of drug-likeness (QED) is 0.573. The van der Waals surface area contributed by atoms with Crippen LogP contribution in [0.15, 0.2) is 35.2 Å². The Labute approximate surface area is 203 Å². The van der Waals surface area contributed by atoms with Gasteiger partial charge in [-0.15, -0.1) is 0 Å². The van der Waals surface area contributed by atoms with E-state index < -0.39 is 10.0 Å². The molecule has 2 amide bonds. The van der Waals surface area contributed by atoms with Gasteiger partial charge in [0.1, 0.15) is 0 Å². The average Bonchev–Trinajstić information content (AvgIpc) is 3.25. The van der Waals surface area contributed by atoms with Gasteiger partial charge in [0.25, 0.3) is 0 Å². The second-order valence-electron chi connectivity index (χ2n) is 9.41. The van der Waals surface area contributed by atoms with Crippen molar-refractivity contribution in [1.82, 2.24) is 19.0 Å². The third-order valence-electron chi connectivity index (χ3n) is 7.00. The second-order valence-corrected chi connectivity index (χ2v) is 11.3. The van der Waals surface area contributed by atoms with Crippen molar-refractivity contribution >= 4 is 27.9 Å². The molecule has 0 saturated carbocycles. The van der Waals surface area contributed by atoms with Gasteiger partial charge < -0.3 is 9.80 Å². The smallest absolute Gasteiger partial charge is 0.246 e. The first-order valence-electron chi connectivity index (χ1n) is 12.5. The lowest BCUT2D eigenvalue weighted by Crippen LogP contribution is -2.51. The highest BCUT2D eigenvalue weighted by Crippen LogP contribution is 2.21. The zero-order valence-corrected chi connectivity index (χ0v) is 20.7. The normalized spacial score (nSPS) is 21.2. The number of amides is 2. The van der Waals surface area contributed by atoms with Crippen molar-refractivity contribution in [1.29, 1.82) is 0 Å². The van der Waals surface area contributed by atoms with Gasteiger partial charge in [0.2, 0.25) is 21.8 Å². The van der Waals surface area contributed by atoms with Gasteiger partial charge in [0.15, 0.2) is 0 Å². The van der Waals surface area contributed by atoms with Crippen LogP contribution in [0.2, 0.25) is 0 Å². The Balaban J connectivity index is 1.26. The third kappa shape index (κ3) is 6.25. The minimum absolute atomic E-state index is 0.0632. The molecule has 3 saturated heterocycles. The zero-order chi connectivity index (χ0) is 24.0. The molecule has 0 N–H and O–H groups in total. The predicted molar refractivity (Wildman–Crippen MR) is 132 cm³/mol. The molecule has 1 aromatic rings. The van der Waals surface area contributed by atoms with Gasteiger partial charge in [-0.1, -0.05) is 25.0 Å². The van der Waals surface area contributed by atoms with E-state index in [0.717, 1.165) is 57.2 Å². The van der Waals surface area contributed by atoms with Crippen molar-refractivity contribution in [3.63, 3.8) is 0 Å². The molecule has 4 rings (SSSR count). The molecular weight excluding hydrogens is 452 g/mol. The number of piperazine rings is 1. The van der Waals surface area contributed by atoms with Crippen LogP contribution in [0.4, 0.5) is 0 Å². The Kier molecular flexibility index (Phi) is 8.39. The maximum absolute atomic E-state index is 12.9. The topological polar surface area (TPSA) is 81.2 Å². The van der Waals surface area contributed by atoms with Crippen molar-refractivity contribution < 1.29 is 18.0 Å². The SMILES string of the molecule is O=C(C=Cc1ccc(S(=O)(=O)N2CCCCCC2)cc1)N1CCN(CC(=O)N2CCCC2)CC1. The number of hydrogen-bond acceptors (Lipinski definition) is 5. The third-order valence-corrected chi connectivity index (χ3v) is 8.92. The van der Waals surface area contributed by atoms with Crippen LogP contribution in [-0.4, -0.2) is 98.1 Å². The Bertz CT molecular complexity index is 971. The molecule has 186 valence electrons. The summed E-state index contributed by atoms with van der Waals surface area (Å²) in [4.78, 5) is 31.1. The molecular formula is C25H36N4O4S. The summed E-state index contributed by atoms with van der Waals surface area (Å²) in [6, 6.07) is 6.74.